The van der Waals surface area contributed by atoms with Gasteiger partial charge in [-0.3, -0.25) is 19.3 Å². The van der Waals surface area contributed by atoms with Crippen molar-refractivity contribution in [2.24, 2.45) is 5.41 Å². The minimum atomic E-state index is -1.09. The topological polar surface area (TPSA) is 137 Å². The number of esters is 1. The average Bonchev–Trinajstić information content (AvgIpc) is 2.98. The predicted octanol–water partition coefficient (Wildman–Crippen LogP) is 4.48. The van der Waals surface area contributed by atoms with Crippen LogP contribution in [0.15, 0.2) is 48.5 Å². The van der Waals surface area contributed by atoms with Crippen molar-refractivity contribution >= 4 is 29.4 Å². The van der Waals surface area contributed by atoms with Crippen LogP contribution < -0.4 is 16.0 Å². The van der Waals surface area contributed by atoms with Crippen LogP contribution in [-0.4, -0.2) is 79.1 Å². The van der Waals surface area contributed by atoms with Gasteiger partial charge in [-0.2, -0.15) is 0 Å². The number of carboxylic acids is 1. The molecule has 0 saturated carbocycles. The average molecular weight is 625 g/mol. The molecule has 2 aromatic rings. The quantitative estimate of drug-likeness (QED) is 0.254. The number of para-hydroxylation sites is 1. The van der Waals surface area contributed by atoms with Crippen LogP contribution in [0.1, 0.15) is 69.6 Å². The van der Waals surface area contributed by atoms with Gasteiger partial charge in [0.1, 0.15) is 6.04 Å². The Bertz CT molecular complexity index is 1240. The molecule has 1 aliphatic rings. The number of carbonyl (C=O) groups excluding carboxylic acids is 3. The third kappa shape index (κ3) is 13.4. The number of piperidine rings is 1. The molecule has 10 nitrogen and oxygen atoms in total. The van der Waals surface area contributed by atoms with Gasteiger partial charge in [-0.25, -0.2) is 4.79 Å². The first kappa shape index (κ1) is 37.4. The molecule has 4 N–H and O–H groups in total. The summed E-state index contributed by atoms with van der Waals surface area (Å²) in [6.45, 7) is 11.8. The molecule has 0 radical (unpaired) electrons. The standard InChI is InChI=1S/C20H30N2O5.C15H22N2O/c1-20(2,3)10-11-21-15(13-17(23)24)18(25)22-16(19(26)27-4)12-14-8-6-5-7-9-14;1-11-7-6-8-12(2)14(11)16-15(18)13-9-4-5-10-17(13)3/h5-9,15-16,21H,10-13H2,1-4H3,(H,22,25)(H,23,24);6-8,13H,4-5,9-10H2,1-3H3,(H,16,18)/t15-,16-;/m0./s1. The summed E-state index contributed by atoms with van der Waals surface area (Å²) in [4.78, 5) is 50.3. The van der Waals surface area contributed by atoms with Crippen LogP contribution in [0.4, 0.5) is 5.69 Å². The summed E-state index contributed by atoms with van der Waals surface area (Å²) in [5.74, 6) is -2.06. The van der Waals surface area contributed by atoms with E-state index in [1.807, 2.05) is 69.4 Å². The van der Waals surface area contributed by atoms with Crippen molar-refractivity contribution in [1.82, 2.24) is 15.5 Å². The summed E-state index contributed by atoms with van der Waals surface area (Å²) in [6.07, 6.45) is 3.99. The molecular weight excluding hydrogens is 572 g/mol. The Morgan fingerprint density at radius 1 is 0.978 bits per heavy atom. The molecular formula is C35H52N4O6. The molecule has 3 atom stereocenters. The molecule has 1 aliphatic heterocycles. The van der Waals surface area contributed by atoms with Crippen LogP contribution >= 0.6 is 0 Å². The fourth-order valence-corrected chi connectivity index (χ4v) is 5.14. The molecule has 0 bridgehead atoms. The summed E-state index contributed by atoms with van der Waals surface area (Å²) in [6, 6.07) is 13.5. The number of aryl methyl sites for hydroxylation is 2. The molecule has 10 heteroatoms. The van der Waals surface area contributed by atoms with E-state index in [9.17, 15) is 19.2 Å². The number of likely N-dealkylation sites (tertiary alicyclic amines) is 1. The number of aliphatic carboxylic acids is 1. The largest absolute Gasteiger partial charge is 0.481 e. The zero-order chi connectivity index (χ0) is 33.6. The molecule has 1 heterocycles. The molecule has 248 valence electrons. The Morgan fingerprint density at radius 2 is 1.62 bits per heavy atom. The van der Waals surface area contributed by atoms with Gasteiger partial charge in [-0.05, 0) is 75.4 Å². The fourth-order valence-electron chi connectivity index (χ4n) is 5.14. The van der Waals surface area contributed by atoms with Gasteiger partial charge >= 0.3 is 11.9 Å². The normalized spacial score (nSPS) is 16.4. The zero-order valence-electron chi connectivity index (χ0n) is 27.9. The van der Waals surface area contributed by atoms with E-state index >= 15 is 0 Å². The maximum atomic E-state index is 12.6. The van der Waals surface area contributed by atoms with Gasteiger partial charge in [0.15, 0.2) is 0 Å². The lowest BCUT2D eigenvalue weighted by Crippen LogP contribution is -2.52. The number of ether oxygens (including phenoxy) is 1. The molecule has 1 fully saturated rings. The lowest BCUT2D eigenvalue weighted by Gasteiger charge is -2.31. The molecule has 1 saturated heterocycles. The van der Waals surface area contributed by atoms with E-state index in [0.29, 0.717) is 6.54 Å². The molecule has 0 aromatic heterocycles. The lowest BCUT2D eigenvalue weighted by atomic mass is 9.92. The number of nitrogens with one attached hydrogen (secondary N) is 3. The third-order valence-corrected chi connectivity index (χ3v) is 7.85. The van der Waals surface area contributed by atoms with E-state index in [2.05, 4.69) is 41.6 Å². The van der Waals surface area contributed by atoms with Gasteiger partial charge in [0.05, 0.1) is 25.6 Å². The second kappa shape index (κ2) is 18.3. The highest BCUT2D eigenvalue weighted by atomic mass is 16.5. The number of nitrogens with zero attached hydrogens (tertiary/aromatic N) is 1. The number of amides is 2. The molecule has 0 spiro atoms. The smallest absolute Gasteiger partial charge is 0.328 e. The number of carboxylic acid groups (broad SMARTS) is 1. The number of anilines is 1. The van der Waals surface area contributed by atoms with Gasteiger partial charge < -0.3 is 25.8 Å². The van der Waals surface area contributed by atoms with Gasteiger partial charge in [0.25, 0.3) is 0 Å². The first-order valence-electron chi connectivity index (χ1n) is 15.7. The van der Waals surface area contributed by atoms with Gasteiger partial charge in [-0.15, -0.1) is 0 Å². The van der Waals surface area contributed by atoms with Gasteiger partial charge in [-0.1, -0.05) is 75.7 Å². The number of hydrogen-bond acceptors (Lipinski definition) is 7. The van der Waals surface area contributed by atoms with Crippen molar-refractivity contribution in [3.8, 4) is 0 Å². The number of likely N-dealkylation sites (N-methyl/N-ethyl adjacent to an activating group) is 1. The summed E-state index contributed by atoms with van der Waals surface area (Å²) in [5, 5.41) is 17.8. The molecule has 2 aromatic carbocycles. The molecule has 0 aliphatic carbocycles. The summed E-state index contributed by atoms with van der Waals surface area (Å²) in [5.41, 5.74) is 4.15. The van der Waals surface area contributed by atoms with Crippen LogP contribution in [0.2, 0.25) is 0 Å². The molecule has 1 unspecified atom stereocenters. The second-order valence-corrected chi connectivity index (χ2v) is 12.9. The van der Waals surface area contributed by atoms with Gasteiger partial charge in [0.2, 0.25) is 11.8 Å². The first-order chi connectivity index (χ1) is 21.2. The Hall–Kier alpha value is -3.76. The van der Waals surface area contributed by atoms with E-state index in [-0.39, 0.29) is 30.2 Å². The highest BCUT2D eigenvalue weighted by Crippen LogP contribution is 2.22. The van der Waals surface area contributed by atoms with E-state index < -0.39 is 29.9 Å². The van der Waals surface area contributed by atoms with Crippen LogP contribution in [0.3, 0.4) is 0 Å². The van der Waals surface area contributed by atoms with Crippen molar-refractivity contribution in [1.29, 1.82) is 0 Å². The third-order valence-electron chi connectivity index (χ3n) is 7.85. The van der Waals surface area contributed by atoms with E-state index in [1.54, 1.807) is 0 Å². The van der Waals surface area contributed by atoms with Crippen molar-refractivity contribution < 1.29 is 29.0 Å². The Labute approximate surface area is 268 Å². The maximum Gasteiger partial charge on any atom is 0.328 e. The van der Waals surface area contributed by atoms with Crippen LogP contribution in [-0.2, 0) is 30.3 Å². The summed E-state index contributed by atoms with van der Waals surface area (Å²) < 4.78 is 4.78. The molecule has 45 heavy (non-hydrogen) atoms. The van der Waals surface area contributed by atoms with Crippen molar-refractivity contribution in [3.05, 3.63) is 65.2 Å². The van der Waals surface area contributed by atoms with Crippen LogP contribution in [0, 0.1) is 19.3 Å². The lowest BCUT2D eigenvalue weighted by molar-refractivity contribution is -0.145. The summed E-state index contributed by atoms with van der Waals surface area (Å²) >= 11 is 0. The van der Waals surface area contributed by atoms with Crippen molar-refractivity contribution in [2.45, 2.75) is 91.3 Å². The number of hydrogen-bond donors (Lipinski definition) is 4. The monoisotopic (exact) mass is 624 g/mol. The Balaban J connectivity index is 0.000000338. The van der Waals surface area contributed by atoms with Crippen molar-refractivity contribution in [2.75, 3.05) is 32.6 Å². The highest BCUT2D eigenvalue weighted by Gasteiger charge is 2.28. The molecule has 3 rings (SSSR count). The predicted molar refractivity (Wildman–Crippen MR) is 177 cm³/mol. The maximum absolute atomic E-state index is 12.6. The number of rotatable bonds is 12. The van der Waals surface area contributed by atoms with E-state index in [1.165, 1.54) is 13.5 Å². The highest BCUT2D eigenvalue weighted by molar-refractivity contribution is 5.96. The number of carbonyl (C=O) groups is 4. The first-order valence-corrected chi connectivity index (χ1v) is 15.7. The van der Waals surface area contributed by atoms with Crippen LogP contribution in [0.25, 0.3) is 0 Å². The van der Waals surface area contributed by atoms with E-state index in [0.717, 1.165) is 48.2 Å². The number of benzene rings is 2. The molecule has 2 amide bonds. The second-order valence-electron chi connectivity index (χ2n) is 12.9. The Morgan fingerprint density at radius 3 is 2.18 bits per heavy atom. The van der Waals surface area contributed by atoms with Crippen LogP contribution in [0.5, 0.6) is 0 Å². The van der Waals surface area contributed by atoms with E-state index in [4.69, 9.17) is 9.84 Å². The minimum Gasteiger partial charge on any atom is -0.481 e. The SMILES string of the molecule is COC(=O)[C@H](Cc1ccccc1)NC(=O)[C@H](CC(=O)O)NCCC(C)(C)C.Cc1cccc(C)c1NC(=O)C1CCCCN1C. The summed E-state index contributed by atoms with van der Waals surface area (Å²) in [7, 11) is 3.29. The fraction of sp³-hybridized carbons (Fsp3) is 0.543. The number of methoxy groups -OCH3 is 1. The van der Waals surface area contributed by atoms with Gasteiger partial charge in [0, 0.05) is 12.1 Å². The Kier molecular flexibility index (Phi) is 15.2. The zero-order valence-corrected chi connectivity index (χ0v) is 27.9. The minimum absolute atomic E-state index is 0.0257. The van der Waals surface area contributed by atoms with Crippen molar-refractivity contribution in [3.63, 3.8) is 0 Å².